The van der Waals surface area contributed by atoms with E-state index in [1.54, 1.807) is 30.0 Å². The van der Waals surface area contributed by atoms with Gasteiger partial charge in [-0.1, -0.05) is 24.3 Å². The maximum atomic E-state index is 12.6. The number of rotatable bonds is 7. The molecule has 2 aromatic carbocycles. The maximum Gasteiger partial charge on any atom is 0.291 e. The molecule has 0 fully saturated rings. The summed E-state index contributed by atoms with van der Waals surface area (Å²) in [5.74, 6) is 0.371. The summed E-state index contributed by atoms with van der Waals surface area (Å²) in [4.78, 5) is 13.8. The van der Waals surface area contributed by atoms with E-state index < -0.39 is 15.9 Å². The molecule has 1 amide bonds. The molecule has 3 rings (SSSR count). The molecule has 1 heterocycles. The van der Waals surface area contributed by atoms with Crippen LogP contribution in [0.3, 0.4) is 0 Å². The van der Waals surface area contributed by atoms with Crippen molar-refractivity contribution in [2.24, 2.45) is 0 Å². The van der Waals surface area contributed by atoms with E-state index in [4.69, 9.17) is 4.42 Å². The van der Waals surface area contributed by atoms with Crippen LogP contribution < -0.4 is 5.32 Å². The van der Waals surface area contributed by atoms with Gasteiger partial charge in [-0.15, -0.1) is 11.8 Å². The number of furan rings is 1. The highest BCUT2D eigenvalue weighted by atomic mass is 32.2. The number of carbonyl (C=O) groups excluding carboxylic acids is 1. The second-order valence-corrected chi connectivity index (χ2v) is 9.35. The third-order valence-electron chi connectivity index (χ3n) is 3.96. The highest BCUT2D eigenvalue weighted by Crippen LogP contribution is 2.26. The molecule has 0 aliphatic carbocycles. The molecule has 28 heavy (non-hydrogen) atoms. The van der Waals surface area contributed by atoms with Gasteiger partial charge in [0.25, 0.3) is 5.91 Å². The Morgan fingerprint density at radius 2 is 1.82 bits per heavy atom. The summed E-state index contributed by atoms with van der Waals surface area (Å²) in [6.45, 7) is 0. The molecular formula is C20H20N2O4S2. The molecule has 1 aromatic heterocycles. The number of sulfonamides is 1. The summed E-state index contributed by atoms with van der Waals surface area (Å²) in [5.41, 5.74) is 1.15. The van der Waals surface area contributed by atoms with Crippen LogP contribution in [0, 0.1) is 0 Å². The van der Waals surface area contributed by atoms with Crippen LogP contribution >= 0.6 is 11.8 Å². The zero-order chi connectivity index (χ0) is 20.1. The van der Waals surface area contributed by atoms with Gasteiger partial charge in [0.15, 0.2) is 5.76 Å². The van der Waals surface area contributed by atoms with E-state index in [0.29, 0.717) is 11.4 Å². The molecular weight excluding hydrogens is 396 g/mol. The van der Waals surface area contributed by atoms with E-state index >= 15 is 0 Å². The van der Waals surface area contributed by atoms with Crippen LogP contribution in [0.25, 0.3) is 0 Å². The third kappa shape index (κ3) is 4.64. The van der Waals surface area contributed by atoms with Gasteiger partial charge in [-0.3, -0.25) is 4.79 Å². The van der Waals surface area contributed by atoms with Gasteiger partial charge >= 0.3 is 0 Å². The number of benzene rings is 2. The molecule has 0 spiro atoms. The lowest BCUT2D eigenvalue weighted by molar-refractivity contribution is 0.0995. The van der Waals surface area contributed by atoms with Crippen LogP contribution in [0.5, 0.6) is 0 Å². The van der Waals surface area contributed by atoms with Crippen LogP contribution in [0.15, 0.2) is 81.1 Å². The van der Waals surface area contributed by atoms with Crippen molar-refractivity contribution in [2.45, 2.75) is 15.5 Å². The van der Waals surface area contributed by atoms with Gasteiger partial charge in [-0.05, 0) is 36.4 Å². The molecule has 8 heteroatoms. The zero-order valence-corrected chi connectivity index (χ0v) is 17.1. The lowest BCUT2D eigenvalue weighted by Crippen LogP contribution is -2.22. The van der Waals surface area contributed by atoms with E-state index in [2.05, 4.69) is 5.32 Å². The Hall–Kier alpha value is -2.55. The molecule has 0 aliphatic rings. The average molecular weight is 417 g/mol. The summed E-state index contributed by atoms with van der Waals surface area (Å²) in [7, 11) is -0.664. The number of amides is 1. The fourth-order valence-electron chi connectivity index (χ4n) is 2.46. The molecule has 3 aromatic rings. The van der Waals surface area contributed by atoms with Gasteiger partial charge in [0.1, 0.15) is 0 Å². The Morgan fingerprint density at radius 3 is 2.54 bits per heavy atom. The SMILES string of the molecule is CN(C)S(=O)(=O)c1cccc(NC(=O)c2occc2CSc2ccccc2)c1. The quantitative estimate of drug-likeness (QED) is 0.587. The summed E-state index contributed by atoms with van der Waals surface area (Å²) in [6.07, 6.45) is 1.47. The molecule has 6 nitrogen and oxygen atoms in total. The van der Waals surface area contributed by atoms with Crippen molar-refractivity contribution in [3.05, 3.63) is 78.3 Å². The Morgan fingerprint density at radius 1 is 1.07 bits per heavy atom. The van der Waals surface area contributed by atoms with Gasteiger partial charge in [-0.25, -0.2) is 12.7 Å². The van der Waals surface area contributed by atoms with E-state index in [-0.39, 0.29) is 10.7 Å². The minimum Gasteiger partial charge on any atom is -0.459 e. The average Bonchev–Trinajstić information content (AvgIpc) is 3.16. The number of carbonyl (C=O) groups is 1. The lowest BCUT2D eigenvalue weighted by Gasteiger charge is -2.12. The van der Waals surface area contributed by atoms with E-state index in [1.807, 2.05) is 30.3 Å². The van der Waals surface area contributed by atoms with Crippen molar-refractivity contribution in [3.8, 4) is 0 Å². The Balaban J connectivity index is 1.73. The van der Waals surface area contributed by atoms with Crippen molar-refractivity contribution in [2.75, 3.05) is 19.4 Å². The number of anilines is 1. The second-order valence-electron chi connectivity index (χ2n) is 6.15. The lowest BCUT2D eigenvalue weighted by atomic mass is 10.2. The fourth-order valence-corrected chi connectivity index (χ4v) is 4.31. The topological polar surface area (TPSA) is 79.6 Å². The molecule has 1 N–H and O–H groups in total. The predicted octanol–water partition coefficient (Wildman–Crippen LogP) is 4.07. The molecule has 0 saturated heterocycles. The van der Waals surface area contributed by atoms with Crippen molar-refractivity contribution < 1.29 is 17.6 Å². The number of thioether (sulfide) groups is 1. The van der Waals surface area contributed by atoms with E-state index in [0.717, 1.165) is 14.8 Å². The minimum atomic E-state index is -3.58. The van der Waals surface area contributed by atoms with Crippen LogP contribution in [0.2, 0.25) is 0 Å². The number of hydrogen-bond donors (Lipinski definition) is 1. The predicted molar refractivity (Wildman–Crippen MR) is 110 cm³/mol. The van der Waals surface area contributed by atoms with Gasteiger partial charge in [0, 0.05) is 36.0 Å². The number of nitrogens with zero attached hydrogens (tertiary/aromatic N) is 1. The molecule has 0 radical (unpaired) electrons. The zero-order valence-electron chi connectivity index (χ0n) is 15.5. The molecule has 0 aliphatic heterocycles. The van der Waals surface area contributed by atoms with Gasteiger partial charge in [0.2, 0.25) is 10.0 Å². The van der Waals surface area contributed by atoms with Gasteiger partial charge in [0.05, 0.1) is 11.2 Å². The van der Waals surface area contributed by atoms with Crippen LogP contribution in [0.4, 0.5) is 5.69 Å². The fraction of sp³-hybridized carbons (Fsp3) is 0.150. The smallest absolute Gasteiger partial charge is 0.291 e. The first-order chi connectivity index (χ1) is 13.4. The minimum absolute atomic E-state index is 0.106. The summed E-state index contributed by atoms with van der Waals surface area (Å²) < 4.78 is 31.0. The number of nitrogens with one attached hydrogen (secondary N) is 1. The summed E-state index contributed by atoms with van der Waals surface area (Å²) >= 11 is 1.60. The summed E-state index contributed by atoms with van der Waals surface area (Å²) in [6, 6.07) is 17.8. The molecule has 146 valence electrons. The largest absolute Gasteiger partial charge is 0.459 e. The van der Waals surface area contributed by atoms with Crippen molar-refractivity contribution in [1.82, 2.24) is 4.31 Å². The Kier molecular flexibility index (Phi) is 6.23. The standard InChI is InChI=1S/C20H20N2O4S2/c1-22(2)28(24,25)18-10-6-7-16(13-18)21-20(23)19-15(11-12-26-19)14-27-17-8-4-3-5-9-17/h3-13H,14H2,1-2H3,(H,21,23). The summed E-state index contributed by atoms with van der Waals surface area (Å²) in [5, 5.41) is 2.71. The van der Waals surface area contributed by atoms with Gasteiger partial charge < -0.3 is 9.73 Å². The Bertz CT molecular complexity index is 1060. The molecule has 0 atom stereocenters. The monoisotopic (exact) mass is 416 g/mol. The van der Waals surface area contributed by atoms with E-state index in [1.165, 1.54) is 32.5 Å². The first-order valence-electron chi connectivity index (χ1n) is 8.46. The normalized spacial score (nSPS) is 11.5. The maximum absolute atomic E-state index is 12.6. The first-order valence-corrected chi connectivity index (χ1v) is 10.9. The molecule has 0 saturated carbocycles. The van der Waals surface area contributed by atoms with Crippen molar-refractivity contribution in [1.29, 1.82) is 0 Å². The van der Waals surface area contributed by atoms with Crippen LogP contribution in [0.1, 0.15) is 16.1 Å². The first kappa shape index (κ1) is 20.2. The Labute approximate surface area is 168 Å². The van der Waals surface area contributed by atoms with E-state index in [9.17, 15) is 13.2 Å². The second kappa shape index (κ2) is 8.64. The number of hydrogen-bond acceptors (Lipinski definition) is 5. The van der Waals surface area contributed by atoms with Crippen LogP contribution in [-0.2, 0) is 15.8 Å². The van der Waals surface area contributed by atoms with Gasteiger partial charge in [-0.2, -0.15) is 0 Å². The van der Waals surface area contributed by atoms with Crippen LogP contribution in [-0.4, -0.2) is 32.7 Å². The highest BCUT2D eigenvalue weighted by molar-refractivity contribution is 7.98. The highest BCUT2D eigenvalue weighted by Gasteiger charge is 2.19. The molecule has 0 bridgehead atoms. The van der Waals surface area contributed by atoms with Crippen molar-refractivity contribution >= 4 is 33.4 Å². The third-order valence-corrected chi connectivity index (χ3v) is 6.83. The van der Waals surface area contributed by atoms with Crippen molar-refractivity contribution in [3.63, 3.8) is 0 Å². The molecule has 0 unspecified atom stereocenters.